The van der Waals surface area contributed by atoms with Crippen LogP contribution >= 0.6 is 11.6 Å². The van der Waals surface area contributed by atoms with Crippen LogP contribution in [0.25, 0.3) is 5.69 Å². The van der Waals surface area contributed by atoms with E-state index in [9.17, 15) is 13.2 Å². The predicted molar refractivity (Wildman–Crippen MR) is 60.6 cm³/mol. The molecule has 98 valence electrons. The molecule has 0 saturated heterocycles. The van der Waals surface area contributed by atoms with Crippen LogP contribution in [0.1, 0.15) is 16.8 Å². The number of halogens is 4. The van der Waals surface area contributed by atoms with E-state index < -0.39 is 11.7 Å². The van der Waals surface area contributed by atoms with Crippen molar-refractivity contribution in [2.45, 2.75) is 12.1 Å². The Balaban J connectivity index is 2.67. The average Bonchev–Trinajstić information content (AvgIpc) is 2.85. The molecule has 2 aromatic rings. The fourth-order valence-electron chi connectivity index (χ4n) is 1.57. The molecule has 1 aromatic carbocycles. The molecule has 2 rings (SSSR count). The lowest BCUT2D eigenvalue weighted by Crippen LogP contribution is -2.13. The van der Waals surface area contributed by atoms with Gasteiger partial charge in [-0.3, -0.25) is 0 Å². The van der Waals surface area contributed by atoms with E-state index in [0.717, 1.165) is 10.7 Å². The molecule has 19 heavy (non-hydrogen) atoms. The van der Waals surface area contributed by atoms with Crippen molar-refractivity contribution < 1.29 is 13.2 Å². The van der Waals surface area contributed by atoms with Crippen LogP contribution in [0.3, 0.4) is 0 Å². The molecule has 0 radical (unpaired) electrons. The Morgan fingerprint density at radius 3 is 2.68 bits per heavy atom. The van der Waals surface area contributed by atoms with Crippen LogP contribution in [0.2, 0.25) is 0 Å². The SMILES string of the molecule is N#Cc1ccc(-n2nncc2CCl)c(C(F)(F)F)c1. The highest BCUT2D eigenvalue weighted by molar-refractivity contribution is 6.16. The Morgan fingerprint density at radius 2 is 2.11 bits per heavy atom. The summed E-state index contributed by atoms with van der Waals surface area (Å²) in [5.41, 5.74) is -0.913. The average molecular weight is 287 g/mol. The third kappa shape index (κ3) is 2.53. The zero-order valence-corrected chi connectivity index (χ0v) is 10.1. The Morgan fingerprint density at radius 1 is 1.37 bits per heavy atom. The number of hydrogen-bond acceptors (Lipinski definition) is 3. The summed E-state index contributed by atoms with van der Waals surface area (Å²) >= 11 is 5.61. The first-order valence-corrected chi connectivity index (χ1v) is 5.58. The fraction of sp³-hybridized carbons (Fsp3) is 0.182. The number of hydrogen-bond donors (Lipinski definition) is 0. The van der Waals surface area contributed by atoms with Gasteiger partial charge >= 0.3 is 6.18 Å². The summed E-state index contributed by atoms with van der Waals surface area (Å²) in [6.07, 6.45) is -3.32. The van der Waals surface area contributed by atoms with E-state index in [1.165, 1.54) is 18.3 Å². The quantitative estimate of drug-likeness (QED) is 0.798. The minimum atomic E-state index is -4.60. The number of nitriles is 1. The molecule has 4 nitrogen and oxygen atoms in total. The smallest absolute Gasteiger partial charge is 0.216 e. The van der Waals surface area contributed by atoms with Gasteiger partial charge in [0.25, 0.3) is 0 Å². The first-order chi connectivity index (χ1) is 8.97. The maximum atomic E-state index is 13.0. The molecule has 0 spiro atoms. The summed E-state index contributed by atoms with van der Waals surface area (Å²) in [6, 6.07) is 4.90. The number of aromatic nitrogens is 3. The van der Waals surface area contributed by atoms with E-state index in [1.807, 2.05) is 0 Å². The molecular weight excluding hydrogens is 281 g/mol. The molecule has 0 aliphatic heterocycles. The van der Waals surface area contributed by atoms with Gasteiger partial charge < -0.3 is 0 Å². The third-order valence-electron chi connectivity index (χ3n) is 2.42. The number of rotatable bonds is 2. The van der Waals surface area contributed by atoms with Crippen LogP contribution in [0.4, 0.5) is 13.2 Å². The lowest BCUT2D eigenvalue weighted by atomic mass is 10.1. The second-order valence-electron chi connectivity index (χ2n) is 3.61. The van der Waals surface area contributed by atoms with Crippen LogP contribution in [-0.2, 0) is 12.1 Å². The summed E-state index contributed by atoms with van der Waals surface area (Å²) in [7, 11) is 0. The summed E-state index contributed by atoms with van der Waals surface area (Å²) < 4.78 is 40.0. The van der Waals surface area contributed by atoms with E-state index in [4.69, 9.17) is 16.9 Å². The molecule has 1 aromatic heterocycles. The second-order valence-corrected chi connectivity index (χ2v) is 3.88. The van der Waals surface area contributed by atoms with Crippen molar-refractivity contribution in [2.75, 3.05) is 0 Å². The molecule has 0 amide bonds. The van der Waals surface area contributed by atoms with Gasteiger partial charge in [0.05, 0.1) is 40.7 Å². The van der Waals surface area contributed by atoms with Gasteiger partial charge in [0, 0.05) is 0 Å². The normalized spacial score (nSPS) is 11.3. The van der Waals surface area contributed by atoms with Crippen LogP contribution in [0.15, 0.2) is 24.4 Å². The van der Waals surface area contributed by atoms with Gasteiger partial charge in [0.1, 0.15) is 0 Å². The topological polar surface area (TPSA) is 54.5 Å². The van der Waals surface area contributed by atoms with E-state index >= 15 is 0 Å². The highest BCUT2D eigenvalue weighted by atomic mass is 35.5. The molecule has 0 N–H and O–H groups in total. The van der Waals surface area contributed by atoms with E-state index in [0.29, 0.717) is 5.69 Å². The minimum Gasteiger partial charge on any atom is -0.216 e. The Bertz CT molecular complexity index is 642. The summed E-state index contributed by atoms with van der Waals surface area (Å²) in [6.45, 7) is 0. The lowest BCUT2D eigenvalue weighted by Gasteiger charge is -2.13. The first-order valence-electron chi connectivity index (χ1n) is 5.04. The Hall–Kier alpha value is -2.07. The molecule has 0 bridgehead atoms. The molecule has 0 atom stereocenters. The molecule has 0 fully saturated rings. The lowest BCUT2D eigenvalue weighted by molar-refractivity contribution is -0.137. The molecule has 0 saturated carbocycles. The van der Waals surface area contributed by atoms with Gasteiger partial charge in [-0.1, -0.05) is 5.21 Å². The van der Waals surface area contributed by atoms with Gasteiger partial charge in [0.15, 0.2) is 0 Å². The summed E-state index contributed by atoms with van der Waals surface area (Å²) in [5.74, 6) is -0.0235. The van der Waals surface area contributed by atoms with Crippen LogP contribution < -0.4 is 0 Å². The van der Waals surface area contributed by atoms with Crippen molar-refractivity contribution in [1.82, 2.24) is 15.0 Å². The molecule has 1 heterocycles. The van der Waals surface area contributed by atoms with Crippen molar-refractivity contribution in [3.05, 3.63) is 41.2 Å². The fourth-order valence-corrected chi connectivity index (χ4v) is 1.75. The van der Waals surface area contributed by atoms with Gasteiger partial charge in [0.2, 0.25) is 0 Å². The number of benzene rings is 1. The van der Waals surface area contributed by atoms with Gasteiger partial charge in [-0.2, -0.15) is 18.4 Å². The van der Waals surface area contributed by atoms with E-state index in [1.54, 1.807) is 6.07 Å². The standard InChI is InChI=1S/C11H6ClF3N4/c12-4-8-6-17-18-19(8)10-2-1-7(5-16)3-9(10)11(13,14)15/h1-3,6H,4H2. The van der Waals surface area contributed by atoms with Crippen LogP contribution in [-0.4, -0.2) is 15.0 Å². The summed E-state index contributed by atoms with van der Waals surface area (Å²) in [5, 5.41) is 15.8. The summed E-state index contributed by atoms with van der Waals surface area (Å²) in [4.78, 5) is 0. The molecule has 0 aliphatic rings. The highest BCUT2D eigenvalue weighted by Crippen LogP contribution is 2.34. The van der Waals surface area contributed by atoms with Crippen LogP contribution in [0.5, 0.6) is 0 Å². The number of nitrogens with zero attached hydrogens (tertiary/aromatic N) is 4. The monoisotopic (exact) mass is 286 g/mol. The number of alkyl halides is 4. The van der Waals surface area contributed by atoms with Gasteiger partial charge in [-0.25, -0.2) is 4.68 Å². The van der Waals surface area contributed by atoms with Crippen molar-refractivity contribution in [2.24, 2.45) is 0 Å². The van der Waals surface area contributed by atoms with Crippen molar-refractivity contribution in [1.29, 1.82) is 5.26 Å². The van der Waals surface area contributed by atoms with Crippen molar-refractivity contribution in [3.8, 4) is 11.8 Å². The maximum Gasteiger partial charge on any atom is 0.418 e. The Labute approximate surface area is 111 Å². The maximum absolute atomic E-state index is 13.0. The third-order valence-corrected chi connectivity index (χ3v) is 2.69. The minimum absolute atomic E-state index is 0.0235. The predicted octanol–water partition coefficient (Wildman–Crippen LogP) is 2.90. The van der Waals surface area contributed by atoms with Crippen LogP contribution in [0, 0.1) is 11.3 Å². The van der Waals surface area contributed by atoms with E-state index in [2.05, 4.69) is 10.3 Å². The zero-order valence-electron chi connectivity index (χ0n) is 9.32. The Kier molecular flexibility index (Phi) is 3.44. The molecule has 8 heteroatoms. The second kappa shape index (κ2) is 4.90. The van der Waals surface area contributed by atoms with E-state index in [-0.39, 0.29) is 17.1 Å². The molecule has 0 unspecified atom stereocenters. The van der Waals surface area contributed by atoms with Gasteiger partial charge in [-0.05, 0) is 18.2 Å². The van der Waals surface area contributed by atoms with Gasteiger partial charge in [-0.15, -0.1) is 16.7 Å². The molecular formula is C11H6ClF3N4. The largest absolute Gasteiger partial charge is 0.418 e. The van der Waals surface area contributed by atoms with Crippen molar-refractivity contribution in [3.63, 3.8) is 0 Å². The van der Waals surface area contributed by atoms with Crippen molar-refractivity contribution >= 4 is 11.6 Å². The zero-order chi connectivity index (χ0) is 14.0. The molecule has 0 aliphatic carbocycles. The first kappa shape index (κ1) is 13.4. The highest BCUT2D eigenvalue weighted by Gasteiger charge is 2.35.